The van der Waals surface area contributed by atoms with Crippen molar-refractivity contribution < 1.29 is 9.90 Å². The predicted molar refractivity (Wildman–Crippen MR) is 62.1 cm³/mol. The van der Waals surface area contributed by atoms with Gasteiger partial charge in [-0.1, -0.05) is 6.92 Å². The first-order chi connectivity index (χ1) is 7.76. The molecule has 88 valence electrons. The average molecular weight is 223 g/mol. The van der Waals surface area contributed by atoms with Gasteiger partial charge in [-0.05, 0) is 18.7 Å². The highest BCUT2D eigenvalue weighted by atomic mass is 16.3. The molecule has 1 aromatic heterocycles. The topological polar surface area (TPSA) is 65.5 Å². The molecule has 0 saturated carbocycles. The van der Waals surface area contributed by atoms with Gasteiger partial charge in [0.2, 0.25) is 5.91 Å². The van der Waals surface area contributed by atoms with Gasteiger partial charge in [0.05, 0.1) is 13.2 Å². The molecule has 0 aliphatic carbocycles. The summed E-state index contributed by atoms with van der Waals surface area (Å²) >= 11 is 0. The lowest BCUT2D eigenvalue weighted by atomic mass is 10.4. The number of hydrogen-bond acceptors (Lipinski definition) is 4. The van der Waals surface area contributed by atoms with E-state index in [1.807, 2.05) is 11.8 Å². The zero-order chi connectivity index (χ0) is 11.8. The summed E-state index contributed by atoms with van der Waals surface area (Å²) in [7, 11) is 0. The summed E-state index contributed by atoms with van der Waals surface area (Å²) in [4.78, 5) is 17.3. The Hall–Kier alpha value is -1.46. The fraction of sp³-hybridized carbons (Fsp3) is 0.455. The molecule has 0 atom stereocenters. The van der Waals surface area contributed by atoms with Crippen molar-refractivity contribution in [2.45, 2.75) is 6.92 Å². The molecule has 0 spiro atoms. The van der Waals surface area contributed by atoms with Crippen LogP contribution in [0.4, 0.5) is 5.69 Å². The minimum absolute atomic E-state index is 0.0659. The summed E-state index contributed by atoms with van der Waals surface area (Å²) in [5, 5.41) is 11.6. The van der Waals surface area contributed by atoms with Gasteiger partial charge in [-0.25, -0.2) is 0 Å². The molecule has 2 N–H and O–H groups in total. The first-order valence-electron chi connectivity index (χ1n) is 5.29. The van der Waals surface area contributed by atoms with E-state index in [0.717, 1.165) is 12.2 Å². The molecule has 5 nitrogen and oxygen atoms in total. The first-order valence-corrected chi connectivity index (χ1v) is 5.29. The number of nitrogens with zero attached hydrogens (tertiary/aromatic N) is 2. The molecule has 0 aliphatic heterocycles. The van der Waals surface area contributed by atoms with Gasteiger partial charge in [0.1, 0.15) is 0 Å². The van der Waals surface area contributed by atoms with Crippen molar-refractivity contribution in [1.82, 2.24) is 9.88 Å². The number of aliphatic hydroxyl groups excluding tert-OH is 1. The number of amides is 1. The fourth-order valence-corrected chi connectivity index (χ4v) is 1.33. The zero-order valence-corrected chi connectivity index (χ0v) is 9.39. The Balaban J connectivity index is 2.41. The van der Waals surface area contributed by atoms with Crippen LogP contribution in [0.2, 0.25) is 0 Å². The largest absolute Gasteiger partial charge is 0.395 e. The number of hydrogen-bond donors (Lipinski definition) is 2. The Labute approximate surface area is 95.1 Å². The highest BCUT2D eigenvalue weighted by Gasteiger charge is 2.08. The van der Waals surface area contributed by atoms with Crippen molar-refractivity contribution in [3.8, 4) is 0 Å². The van der Waals surface area contributed by atoms with Gasteiger partial charge in [0.25, 0.3) is 0 Å². The Kier molecular flexibility index (Phi) is 5.45. The molecule has 1 heterocycles. The second kappa shape index (κ2) is 6.92. The van der Waals surface area contributed by atoms with E-state index >= 15 is 0 Å². The number of aliphatic hydroxyl groups is 1. The van der Waals surface area contributed by atoms with Crippen LogP contribution in [0.3, 0.4) is 0 Å². The van der Waals surface area contributed by atoms with E-state index in [4.69, 9.17) is 5.11 Å². The Morgan fingerprint density at radius 1 is 1.50 bits per heavy atom. The number of pyridine rings is 1. The van der Waals surface area contributed by atoms with Crippen LogP contribution in [0.5, 0.6) is 0 Å². The highest BCUT2D eigenvalue weighted by Crippen LogP contribution is 2.02. The zero-order valence-electron chi connectivity index (χ0n) is 9.39. The molecular weight excluding hydrogens is 206 g/mol. The van der Waals surface area contributed by atoms with Crippen LogP contribution in [-0.2, 0) is 4.79 Å². The molecule has 0 saturated heterocycles. The second-order valence-corrected chi connectivity index (χ2v) is 3.38. The van der Waals surface area contributed by atoms with Crippen LogP contribution in [0.25, 0.3) is 0 Å². The minimum Gasteiger partial charge on any atom is -0.395 e. The van der Waals surface area contributed by atoms with Crippen LogP contribution in [-0.4, -0.2) is 47.1 Å². The molecule has 0 fully saturated rings. The van der Waals surface area contributed by atoms with Crippen molar-refractivity contribution >= 4 is 11.6 Å². The number of anilines is 1. The van der Waals surface area contributed by atoms with Crippen LogP contribution >= 0.6 is 0 Å². The van der Waals surface area contributed by atoms with E-state index < -0.39 is 0 Å². The Morgan fingerprint density at radius 2 is 2.19 bits per heavy atom. The van der Waals surface area contributed by atoms with E-state index in [2.05, 4.69) is 10.3 Å². The maximum absolute atomic E-state index is 11.6. The maximum atomic E-state index is 11.6. The molecule has 1 rings (SSSR count). The first kappa shape index (κ1) is 12.6. The van der Waals surface area contributed by atoms with Gasteiger partial charge < -0.3 is 10.4 Å². The Bertz CT molecular complexity index is 316. The molecule has 1 amide bonds. The van der Waals surface area contributed by atoms with E-state index in [-0.39, 0.29) is 12.5 Å². The van der Waals surface area contributed by atoms with Crippen LogP contribution in [0.15, 0.2) is 24.5 Å². The molecular formula is C11H17N3O2. The fourth-order valence-electron chi connectivity index (χ4n) is 1.33. The number of nitrogens with one attached hydrogen (secondary N) is 1. The van der Waals surface area contributed by atoms with Gasteiger partial charge in [0.15, 0.2) is 0 Å². The lowest BCUT2D eigenvalue weighted by Gasteiger charge is -2.18. The van der Waals surface area contributed by atoms with Gasteiger partial charge >= 0.3 is 0 Å². The lowest BCUT2D eigenvalue weighted by Crippen LogP contribution is -2.35. The number of carbonyl (C=O) groups is 1. The monoisotopic (exact) mass is 223 g/mol. The van der Waals surface area contributed by atoms with Crippen molar-refractivity contribution in [3.63, 3.8) is 0 Å². The van der Waals surface area contributed by atoms with Gasteiger partial charge in [-0.3, -0.25) is 14.7 Å². The van der Waals surface area contributed by atoms with Crippen LogP contribution < -0.4 is 5.32 Å². The SMILES string of the molecule is CCN(CCO)CC(=O)Nc1ccncc1. The van der Waals surface area contributed by atoms with Crippen molar-refractivity contribution in [2.24, 2.45) is 0 Å². The van der Waals surface area contributed by atoms with Gasteiger partial charge in [0, 0.05) is 24.6 Å². The summed E-state index contributed by atoms with van der Waals surface area (Å²) in [6.07, 6.45) is 3.25. The normalized spacial score (nSPS) is 10.4. The standard InChI is InChI=1S/C11H17N3O2/c1-2-14(7-8-15)9-11(16)13-10-3-5-12-6-4-10/h3-6,15H,2,7-9H2,1H3,(H,12,13,16). The van der Waals surface area contributed by atoms with E-state index in [9.17, 15) is 4.79 Å². The van der Waals surface area contributed by atoms with E-state index in [1.165, 1.54) is 0 Å². The second-order valence-electron chi connectivity index (χ2n) is 3.38. The number of likely N-dealkylation sites (N-methyl/N-ethyl adjacent to an activating group) is 1. The minimum atomic E-state index is -0.0819. The van der Waals surface area contributed by atoms with Gasteiger partial charge in [-0.2, -0.15) is 0 Å². The van der Waals surface area contributed by atoms with Crippen LogP contribution in [0, 0.1) is 0 Å². The molecule has 0 radical (unpaired) electrons. The van der Waals surface area contributed by atoms with Crippen molar-refractivity contribution in [1.29, 1.82) is 0 Å². The van der Waals surface area contributed by atoms with Crippen molar-refractivity contribution in [2.75, 3.05) is 31.6 Å². The molecule has 0 aliphatic rings. The quantitative estimate of drug-likeness (QED) is 0.729. The highest BCUT2D eigenvalue weighted by molar-refractivity contribution is 5.92. The third kappa shape index (κ3) is 4.37. The summed E-state index contributed by atoms with van der Waals surface area (Å²) in [6.45, 7) is 3.57. The molecule has 0 aromatic carbocycles. The van der Waals surface area contributed by atoms with E-state index in [1.54, 1.807) is 24.5 Å². The van der Waals surface area contributed by atoms with E-state index in [0.29, 0.717) is 13.1 Å². The molecule has 5 heteroatoms. The smallest absolute Gasteiger partial charge is 0.238 e. The lowest BCUT2D eigenvalue weighted by molar-refractivity contribution is -0.117. The number of rotatable bonds is 6. The third-order valence-electron chi connectivity index (χ3n) is 2.19. The van der Waals surface area contributed by atoms with Crippen molar-refractivity contribution in [3.05, 3.63) is 24.5 Å². The summed E-state index contributed by atoms with van der Waals surface area (Å²) in [5.74, 6) is -0.0819. The summed E-state index contributed by atoms with van der Waals surface area (Å²) < 4.78 is 0. The average Bonchev–Trinajstić information content (AvgIpc) is 2.29. The van der Waals surface area contributed by atoms with Crippen LogP contribution in [0.1, 0.15) is 6.92 Å². The van der Waals surface area contributed by atoms with Gasteiger partial charge in [-0.15, -0.1) is 0 Å². The summed E-state index contributed by atoms with van der Waals surface area (Å²) in [5.41, 5.74) is 0.736. The summed E-state index contributed by atoms with van der Waals surface area (Å²) in [6, 6.07) is 3.47. The Morgan fingerprint density at radius 3 is 2.75 bits per heavy atom. The predicted octanol–water partition coefficient (Wildman–Crippen LogP) is 0.334. The molecule has 0 unspecified atom stereocenters. The molecule has 0 bridgehead atoms. The number of carbonyl (C=O) groups excluding carboxylic acids is 1. The maximum Gasteiger partial charge on any atom is 0.238 e. The molecule has 1 aromatic rings. The third-order valence-corrected chi connectivity index (χ3v) is 2.19. The molecule has 16 heavy (non-hydrogen) atoms. The number of aromatic nitrogens is 1.